The number of carbonyl (C=O) groups is 2. The van der Waals surface area contributed by atoms with Gasteiger partial charge < -0.3 is 20.1 Å². The lowest BCUT2D eigenvalue weighted by atomic mass is 10.1. The van der Waals surface area contributed by atoms with Crippen molar-refractivity contribution >= 4 is 29.1 Å². The third-order valence-corrected chi connectivity index (χ3v) is 3.77. The number of hydrogen-bond donors (Lipinski definition) is 2. The maximum absolute atomic E-state index is 12.4. The third kappa shape index (κ3) is 5.75. The molecule has 0 aliphatic rings. The first-order chi connectivity index (χ1) is 12.5. The molecule has 2 aromatic rings. The number of rotatable bonds is 8. The van der Waals surface area contributed by atoms with E-state index in [2.05, 4.69) is 10.6 Å². The lowest BCUT2D eigenvalue weighted by Gasteiger charge is -2.16. The van der Waals surface area contributed by atoms with Crippen LogP contribution in [0.5, 0.6) is 5.75 Å². The quantitative estimate of drug-likeness (QED) is 0.694. The molecule has 1 atom stereocenters. The molecule has 2 N–H and O–H groups in total. The van der Waals surface area contributed by atoms with Crippen LogP contribution in [-0.2, 0) is 9.53 Å². The fourth-order valence-electron chi connectivity index (χ4n) is 2.16. The standard InChI is InChI=1S/C19H21ClN2O4/c1-13(26-15-9-7-14(20)8-10-15)18(23)22-17-6-4-3-5-16(17)19(24)21-11-12-25-2/h3-10,13H,11-12H2,1-2H3,(H,21,24)(H,22,23). The molecule has 138 valence electrons. The maximum Gasteiger partial charge on any atom is 0.265 e. The first-order valence-corrected chi connectivity index (χ1v) is 8.48. The van der Waals surface area contributed by atoms with E-state index in [9.17, 15) is 9.59 Å². The van der Waals surface area contributed by atoms with E-state index in [1.807, 2.05) is 0 Å². The third-order valence-electron chi connectivity index (χ3n) is 3.52. The van der Waals surface area contributed by atoms with E-state index < -0.39 is 6.10 Å². The van der Waals surface area contributed by atoms with Gasteiger partial charge in [0, 0.05) is 18.7 Å². The molecule has 0 saturated heterocycles. The van der Waals surface area contributed by atoms with Crippen LogP contribution in [0.4, 0.5) is 5.69 Å². The van der Waals surface area contributed by atoms with Crippen molar-refractivity contribution in [1.29, 1.82) is 0 Å². The molecule has 0 radical (unpaired) electrons. The van der Waals surface area contributed by atoms with Gasteiger partial charge in [-0.3, -0.25) is 9.59 Å². The van der Waals surface area contributed by atoms with Crippen molar-refractivity contribution in [3.8, 4) is 5.75 Å². The Morgan fingerprint density at radius 2 is 1.81 bits per heavy atom. The summed E-state index contributed by atoms with van der Waals surface area (Å²) >= 11 is 5.83. The van der Waals surface area contributed by atoms with Crippen molar-refractivity contribution in [3.05, 3.63) is 59.1 Å². The fourth-order valence-corrected chi connectivity index (χ4v) is 2.28. The van der Waals surface area contributed by atoms with Crippen molar-refractivity contribution in [2.45, 2.75) is 13.0 Å². The average molecular weight is 377 g/mol. The zero-order chi connectivity index (χ0) is 18.9. The topological polar surface area (TPSA) is 76.7 Å². The van der Waals surface area contributed by atoms with Crippen molar-refractivity contribution in [2.24, 2.45) is 0 Å². The molecule has 7 heteroatoms. The maximum atomic E-state index is 12.4. The minimum absolute atomic E-state index is 0.288. The molecule has 0 aromatic heterocycles. The summed E-state index contributed by atoms with van der Waals surface area (Å²) in [7, 11) is 1.56. The SMILES string of the molecule is COCCNC(=O)c1ccccc1NC(=O)C(C)Oc1ccc(Cl)cc1. The minimum Gasteiger partial charge on any atom is -0.481 e. The number of carbonyl (C=O) groups excluding carboxylic acids is 2. The van der Waals surface area contributed by atoms with Gasteiger partial charge in [-0.2, -0.15) is 0 Å². The average Bonchev–Trinajstić information content (AvgIpc) is 2.64. The van der Waals surface area contributed by atoms with Gasteiger partial charge in [-0.15, -0.1) is 0 Å². The minimum atomic E-state index is -0.749. The van der Waals surface area contributed by atoms with Crippen LogP contribution in [-0.4, -0.2) is 38.2 Å². The van der Waals surface area contributed by atoms with Gasteiger partial charge >= 0.3 is 0 Å². The highest BCUT2D eigenvalue weighted by atomic mass is 35.5. The summed E-state index contributed by atoms with van der Waals surface area (Å²) in [6.07, 6.45) is -0.749. The predicted molar refractivity (Wildman–Crippen MR) is 101 cm³/mol. The second-order valence-corrected chi connectivity index (χ2v) is 5.93. The molecule has 0 spiro atoms. The zero-order valence-electron chi connectivity index (χ0n) is 14.6. The number of para-hydroxylation sites is 1. The highest BCUT2D eigenvalue weighted by molar-refractivity contribution is 6.30. The molecule has 2 amide bonds. The van der Waals surface area contributed by atoms with Crippen LogP contribution in [0, 0.1) is 0 Å². The molecule has 0 saturated carbocycles. The molecule has 26 heavy (non-hydrogen) atoms. The summed E-state index contributed by atoms with van der Waals surface area (Å²) in [5.74, 6) is -0.121. The number of halogens is 1. The van der Waals surface area contributed by atoms with Gasteiger partial charge in [0.25, 0.3) is 11.8 Å². The zero-order valence-corrected chi connectivity index (χ0v) is 15.4. The molecule has 0 bridgehead atoms. The predicted octanol–water partition coefficient (Wildman–Crippen LogP) is 3.12. The first kappa shape index (κ1) is 19.8. The lowest BCUT2D eigenvalue weighted by molar-refractivity contribution is -0.122. The van der Waals surface area contributed by atoms with Crippen LogP contribution in [0.1, 0.15) is 17.3 Å². The molecule has 2 rings (SSSR count). The number of ether oxygens (including phenoxy) is 2. The van der Waals surface area contributed by atoms with Gasteiger partial charge in [-0.25, -0.2) is 0 Å². The van der Waals surface area contributed by atoms with E-state index >= 15 is 0 Å². The normalized spacial score (nSPS) is 11.5. The van der Waals surface area contributed by atoms with Crippen LogP contribution in [0.15, 0.2) is 48.5 Å². The Labute approximate surface area is 157 Å². The second-order valence-electron chi connectivity index (χ2n) is 5.50. The Balaban J connectivity index is 2.01. The Morgan fingerprint density at radius 3 is 2.50 bits per heavy atom. The molecule has 0 aliphatic heterocycles. The molecule has 6 nitrogen and oxygen atoms in total. The highest BCUT2D eigenvalue weighted by Crippen LogP contribution is 2.19. The van der Waals surface area contributed by atoms with E-state index in [0.29, 0.717) is 35.2 Å². The number of anilines is 1. The molecular weight excluding hydrogens is 356 g/mol. The van der Waals surface area contributed by atoms with Crippen molar-refractivity contribution in [3.63, 3.8) is 0 Å². The number of benzene rings is 2. The van der Waals surface area contributed by atoms with Crippen molar-refractivity contribution < 1.29 is 19.1 Å². The summed E-state index contributed by atoms with van der Waals surface area (Å²) in [5, 5.41) is 6.05. The van der Waals surface area contributed by atoms with Gasteiger partial charge in [-0.05, 0) is 43.3 Å². The molecule has 1 unspecified atom stereocenters. The molecular formula is C19H21ClN2O4. The van der Waals surface area contributed by atoms with Gasteiger partial charge in [-0.1, -0.05) is 23.7 Å². The Hall–Kier alpha value is -2.57. The largest absolute Gasteiger partial charge is 0.481 e. The van der Waals surface area contributed by atoms with Crippen LogP contribution < -0.4 is 15.4 Å². The van der Waals surface area contributed by atoms with E-state index in [4.69, 9.17) is 21.1 Å². The smallest absolute Gasteiger partial charge is 0.265 e. The number of nitrogens with one attached hydrogen (secondary N) is 2. The van der Waals surface area contributed by atoms with Gasteiger partial charge in [0.05, 0.1) is 17.9 Å². The van der Waals surface area contributed by atoms with Gasteiger partial charge in [0.1, 0.15) is 5.75 Å². The Kier molecular flexibility index (Phi) is 7.44. The molecule has 0 aliphatic carbocycles. The van der Waals surface area contributed by atoms with E-state index in [-0.39, 0.29) is 11.8 Å². The molecule has 0 heterocycles. The van der Waals surface area contributed by atoms with Gasteiger partial charge in [0.2, 0.25) is 0 Å². The first-order valence-electron chi connectivity index (χ1n) is 8.10. The molecule has 2 aromatic carbocycles. The van der Waals surface area contributed by atoms with Crippen molar-refractivity contribution in [2.75, 3.05) is 25.6 Å². The molecule has 0 fully saturated rings. The van der Waals surface area contributed by atoms with E-state index in [1.165, 1.54) is 0 Å². The van der Waals surface area contributed by atoms with Crippen LogP contribution >= 0.6 is 11.6 Å². The fraction of sp³-hybridized carbons (Fsp3) is 0.263. The highest BCUT2D eigenvalue weighted by Gasteiger charge is 2.18. The number of hydrogen-bond acceptors (Lipinski definition) is 4. The Bertz CT molecular complexity index is 749. The summed E-state index contributed by atoms with van der Waals surface area (Å²) in [5.41, 5.74) is 0.787. The van der Waals surface area contributed by atoms with E-state index in [1.54, 1.807) is 62.6 Å². The number of methoxy groups -OCH3 is 1. The van der Waals surface area contributed by atoms with Crippen molar-refractivity contribution in [1.82, 2.24) is 5.32 Å². The number of amides is 2. The summed E-state index contributed by atoms with van der Waals surface area (Å²) in [4.78, 5) is 24.7. The second kappa shape index (κ2) is 9.79. The monoisotopic (exact) mass is 376 g/mol. The summed E-state index contributed by atoms with van der Waals surface area (Å²) < 4.78 is 10.5. The van der Waals surface area contributed by atoms with E-state index in [0.717, 1.165) is 0 Å². The van der Waals surface area contributed by atoms with Crippen LogP contribution in [0.3, 0.4) is 0 Å². The lowest BCUT2D eigenvalue weighted by Crippen LogP contribution is -2.32. The van der Waals surface area contributed by atoms with Crippen LogP contribution in [0.2, 0.25) is 5.02 Å². The summed E-state index contributed by atoms with van der Waals surface area (Å²) in [6, 6.07) is 13.5. The van der Waals surface area contributed by atoms with Crippen LogP contribution in [0.25, 0.3) is 0 Å². The Morgan fingerprint density at radius 1 is 1.12 bits per heavy atom. The summed E-state index contributed by atoms with van der Waals surface area (Å²) in [6.45, 7) is 2.42. The van der Waals surface area contributed by atoms with Gasteiger partial charge in [0.15, 0.2) is 6.10 Å².